The van der Waals surface area contributed by atoms with Gasteiger partial charge in [0.15, 0.2) is 0 Å². The molecule has 17 heavy (non-hydrogen) atoms. The molecule has 1 rings (SSSR count). The molecule has 0 radical (unpaired) electrons. The summed E-state index contributed by atoms with van der Waals surface area (Å²) in [6.45, 7) is 3.61. The quantitative estimate of drug-likeness (QED) is 0.743. The van der Waals surface area contributed by atoms with Crippen molar-refractivity contribution < 1.29 is 18.4 Å². The molecule has 0 spiro atoms. The third-order valence-corrected chi connectivity index (χ3v) is 4.14. The SMILES string of the molecule is CCOP(=O)(OCC)C(=O)c1ccc(Cl)cc1. The van der Waals surface area contributed by atoms with Crippen LogP contribution in [0.25, 0.3) is 0 Å². The summed E-state index contributed by atoms with van der Waals surface area (Å²) in [6, 6.07) is 6.10. The van der Waals surface area contributed by atoms with Crippen LogP contribution in [-0.4, -0.2) is 18.7 Å². The van der Waals surface area contributed by atoms with Crippen LogP contribution in [0.15, 0.2) is 24.3 Å². The van der Waals surface area contributed by atoms with Crippen LogP contribution in [0, 0.1) is 0 Å². The zero-order chi connectivity index (χ0) is 12.9. The van der Waals surface area contributed by atoms with E-state index in [1.54, 1.807) is 26.0 Å². The lowest BCUT2D eigenvalue weighted by Crippen LogP contribution is -2.07. The van der Waals surface area contributed by atoms with Crippen molar-refractivity contribution >= 4 is 24.7 Å². The average Bonchev–Trinajstić information content (AvgIpc) is 2.30. The highest BCUT2D eigenvalue weighted by molar-refractivity contribution is 7.72. The summed E-state index contributed by atoms with van der Waals surface area (Å²) < 4.78 is 22.1. The summed E-state index contributed by atoms with van der Waals surface area (Å²) in [4.78, 5) is 12.0. The Hall–Kier alpha value is -0.670. The molecule has 1 aromatic rings. The highest BCUT2D eigenvalue weighted by atomic mass is 35.5. The summed E-state index contributed by atoms with van der Waals surface area (Å²) >= 11 is 5.71. The Bertz CT molecular complexity index is 420. The second kappa shape index (κ2) is 6.31. The second-order valence-electron chi connectivity index (χ2n) is 3.15. The van der Waals surface area contributed by atoms with E-state index in [1.807, 2.05) is 0 Å². The van der Waals surface area contributed by atoms with Crippen LogP contribution in [0.1, 0.15) is 24.2 Å². The van der Waals surface area contributed by atoms with Crippen LogP contribution in [0.2, 0.25) is 5.02 Å². The third kappa shape index (κ3) is 3.65. The van der Waals surface area contributed by atoms with E-state index >= 15 is 0 Å². The molecular formula is C11H14ClO4P. The summed E-state index contributed by atoms with van der Waals surface area (Å²) in [6.07, 6.45) is 0. The predicted molar refractivity (Wildman–Crippen MR) is 66.6 cm³/mol. The molecule has 0 aliphatic rings. The topological polar surface area (TPSA) is 52.6 Å². The van der Waals surface area contributed by atoms with E-state index in [9.17, 15) is 9.36 Å². The fourth-order valence-corrected chi connectivity index (χ4v) is 2.83. The Morgan fingerprint density at radius 2 is 1.65 bits per heavy atom. The molecule has 0 saturated heterocycles. The first kappa shape index (κ1) is 14.4. The predicted octanol–water partition coefficient (Wildman–Crippen LogP) is 3.75. The Balaban J connectivity index is 2.99. The van der Waals surface area contributed by atoms with Gasteiger partial charge in [-0.3, -0.25) is 9.36 Å². The van der Waals surface area contributed by atoms with Crippen molar-refractivity contribution in [3.05, 3.63) is 34.9 Å². The van der Waals surface area contributed by atoms with E-state index in [0.717, 1.165) is 0 Å². The van der Waals surface area contributed by atoms with Gasteiger partial charge in [0, 0.05) is 10.6 Å². The molecule has 0 aliphatic carbocycles. The molecule has 0 aliphatic heterocycles. The van der Waals surface area contributed by atoms with E-state index < -0.39 is 13.1 Å². The molecule has 0 bridgehead atoms. The van der Waals surface area contributed by atoms with Crippen LogP contribution in [0.4, 0.5) is 0 Å². The van der Waals surface area contributed by atoms with E-state index in [2.05, 4.69) is 0 Å². The van der Waals surface area contributed by atoms with E-state index in [4.69, 9.17) is 20.6 Å². The first-order valence-corrected chi connectivity index (χ1v) is 7.15. The van der Waals surface area contributed by atoms with Crippen LogP contribution >= 0.6 is 19.2 Å². The lowest BCUT2D eigenvalue weighted by Gasteiger charge is -2.15. The van der Waals surface area contributed by atoms with Crippen molar-refractivity contribution in [1.29, 1.82) is 0 Å². The minimum Gasteiger partial charge on any atom is -0.303 e. The molecule has 0 atom stereocenters. The largest absolute Gasteiger partial charge is 0.401 e. The molecule has 0 heterocycles. The minimum atomic E-state index is -3.73. The van der Waals surface area contributed by atoms with Gasteiger partial charge < -0.3 is 9.05 Å². The first-order valence-electron chi connectivity index (χ1n) is 5.23. The maximum Gasteiger partial charge on any atom is 0.401 e. The van der Waals surface area contributed by atoms with Crippen LogP contribution < -0.4 is 0 Å². The van der Waals surface area contributed by atoms with Gasteiger partial charge in [-0.15, -0.1) is 0 Å². The monoisotopic (exact) mass is 276 g/mol. The van der Waals surface area contributed by atoms with E-state index in [1.165, 1.54) is 12.1 Å². The molecule has 0 fully saturated rings. The smallest absolute Gasteiger partial charge is 0.303 e. The summed E-state index contributed by atoms with van der Waals surface area (Å²) in [5.41, 5.74) is -0.377. The van der Waals surface area contributed by atoms with E-state index in [0.29, 0.717) is 5.02 Å². The third-order valence-electron chi connectivity index (χ3n) is 1.94. The first-order chi connectivity index (χ1) is 8.03. The average molecular weight is 277 g/mol. The van der Waals surface area contributed by atoms with Gasteiger partial charge in [0.2, 0.25) is 0 Å². The van der Waals surface area contributed by atoms with Crippen LogP contribution in [-0.2, 0) is 13.6 Å². The molecule has 94 valence electrons. The molecule has 6 heteroatoms. The fourth-order valence-electron chi connectivity index (χ4n) is 1.25. The van der Waals surface area contributed by atoms with Crippen molar-refractivity contribution in [3.8, 4) is 0 Å². The fraction of sp³-hybridized carbons (Fsp3) is 0.364. The standard InChI is InChI=1S/C11H14ClO4P/c1-3-15-17(14,16-4-2)11(13)9-5-7-10(12)8-6-9/h5-8H,3-4H2,1-2H3. The molecule has 0 saturated carbocycles. The number of hydrogen-bond donors (Lipinski definition) is 0. The number of hydrogen-bond acceptors (Lipinski definition) is 4. The van der Waals surface area contributed by atoms with Crippen molar-refractivity contribution in [2.45, 2.75) is 13.8 Å². The molecule has 0 unspecified atom stereocenters. The zero-order valence-corrected chi connectivity index (χ0v) is 11.3. The summed E-state index contributed by atoms with van der Waals surface area (Å²) in [5, 5.41) is 0.504. The van der Waals surface area contributed by atoms with Crippen molar-refractivity contribution in [2.24, 2.45) is 0 Å². The number of benzene rings is 1. The number of halogens is 1. The number of rotatable bonds is 6. The highest BCUT2D eigenvalue weighted by Crippen LogP contribution is 2.51. The normalized spacial score (nSPS) is 11.5. The summed E-state index contributed by atoms with van der Waals surface area (Å²) in [7, 11) is -3.73. The van der Waals surface area contributed by atoms with Gasteiger partial charge in [0.1, 0.15) is 0 Å². The van der Waals surface area contributed by atoms with E-state index in [-0.39, 0.29) is 18.8 Å². The van der Waals surface area contributed by atoms with Gasteiger partial charge in [-0.1, -0.05) is 11.6 Å². The molecular weight excluding hydrogens is 263 g/mol. The maximum absolute atomic E-state index is 12.2. The van der Waals surface area contributed by atoms with Crippen LogP contribution in [0.3, 0.4) is 0 Å². The van der Waals surface area contributed by atoms with Gasteiger partial charge in [0.25, 0.3) is 5.52 Å². The Labute approximate surface area is 105 Å². The molecule has 0 N–H and O–H groups in total. The van der Waals surface area contributed by atoms with Gasteiger partial charge in [0.05, 0.1) is 13.2 Å². The van der Waals surface area contributed by atoms with Crippen LogP contribution in [0.5, 0.6) is 0 Å². The molecule has 0 aromatic heterocycles. The lowest BCUT2D eigenvalue weighted by atomic mass is 10.2. The summed E-state index contributed by atoms with van der Waals surface area (Å²) in [5.74, 6) is 0. The van der Waals surface area contributed by atoms with Crippen molar-refractivity contribution in [2.75, 3.05) is 13.2 Å². The Morgan fingerprint density at radius 1 is 1.18 bits per heavy atom. The second-order valence-corrected chi connectivity index (χ2v) is 5.50. The number of carbonyl (C=O) groups excluding carboxylic acids is 1. The highest BCUT2D eigenvalue weighted by Gasteiger charge is 2.34. The molecule has 0 amide bonds. The van der Waals surface area contributed by atoms with Gasteiger partial charge in [-0.05, 0) is 38.1 Å². The minimum absolute atomic E-state index is 0.149. The van der Waals surface area contributed by atoms with Gasteiger partial charge >= 0.3 is 7.60 Å². The van der Waals surface area contributed by atoms with Gasteiger partial charge in [-0.25, -0.2) is 0 Å². The Kier molecular flexibility index (Phi) is 5.34. The van der Waals surface area contributed by atoms with Crippen molar-refractivity contribution in [3.63, 3.8) is 0 Å². The maximum atomic E-state index is 12.2. The lowest BCUT2D eigenvalue weighted by molar-refractivity contribution is 0.100. The zero-order valence-electron chi connectivity index (χ0n) is 9.68. The number of carbonyl (C=O) groups is 1. The molecule has 1 aromatic carbocycles. The molecule has 4 nitrogen and oxygen atoms in total. The van der Waals surface area contributed by atoms with Crippen molar-refractivity contribution in [1.82, 2.24) is 0 Å². The Morgan fingerprint density at radius 3 is 2.06 bits per heavy atom. The van der Waals surface area contributed by atoms with Gasteiger partial charge in [-0.2, -0.15) is 0 Å².